The van der Waals surface area contributed by atoms with Crippen LogP contribution in [0.1, 0.15) is 26.7 Å². The number of carbonyl (C=O) groups is 1. The van der Waals surface area contributed by atoms with Crippen LogP contribution in [0.3, 0.4) is 0 Å². The van der Waals surface area contributed by atoms with Crippen molar-refractivity contribution in [2.75, 3.05) is 0 Å². The van der Waals surface area contributed by atoms with Crippen LogP contribution in [0.25, 0.3) is 11.4 Å². The van der Waals surface area contributed by atoms with Gasteiger partial charge in [-0.2, -0.15) is 0 Å². The molecule has 0 aliphatic heterocycles. The molecule has 1 aromatic carbocycles. The molecule has 0 radical (unpaired) electrons. The van der Waals surface area contributed by atoms with E-state index in [0.717, 1.165) is 9.13 Å². The predicted molar refractivity (Wildman–Crippen MR) is 87.2 cm³/mol. The van der Waals surface area contributed by atoms with Gasteiger partial charge in [0.1, 0.15) is 0 Å². The van der Waals surface area contributed by atoms with Crippen LogP contribution < -0.4 is 0 Å². The van der Waals surface area contributed by atoms with E-state index in [1.54, 1.807) is 12.1 Å². The Morgan fingerprint density at radius 1 is 1.43 bits per heavy atom. The Hall–Kier alpha value is -1.22. The molecular formula is C13H14ClIN4O2. The zero-order valence-electron chi connectivity index (χ0n) is 11.5. The lowest BCUT2D eigenvalue weighted by atomic mass is 9.92. The average molecular weight is 421 g/mol. The zero-order valence-corrected chi connectivity index (χ0v) is 14.5. The summed E-state index contributed by atoms with van der Waals surface area (Å²) in [7, 11) is 0. The number of aliphatic carboxylic acids is 1. The maximum atomic E-state index is 11.8. The number of benzene rings is 1. The van der Waals surface area contributed by atoms with E-state index in [-0.39, 0.29) is 0 Å². The Kier molecular flexibility index (Phi) is 4.82. The van der Waals surface area contributed by atoms with Crippen molar-refractivity contribution < 1.29 is 9.90 Å². The van der Waals surface area contributed by atoms with Crippen molar-refractivity contribution in [1.29, 1.82) is 0 Å². The summed E-state index contributed by atoms with van der Waals surface area (Å²) in [6.07, 6.45) is 0.766. The largest absolute Gasteiger partial charge is 0.479 e. The van der Waals surface area contributed by atoms with Crippen LogP contribution in [-0.2, 0) is 10.3 Å². The van der Waals surface area contributed by atoms with E-state index >= 15 is 0 Å². The van der Waals surface area contributed by atoms with Gasteiger partial charge in [0.25, 0.3) is 0 Å². The van der Waals surface area contributed by atoms with E-state index in [9.17, 15) is 9.90 Å². The Morgan fingerprint density at radius 2 is 2.10 bits per heavy atom. The summed E-state index contributed by atoms with van der Waals surface area (Å²) in [5, 5.41) is 21.8. The highest BCUT2D eigenvalue weighted by molar-refractivity contribution is 14.1. The third kappa shape index (κ3) is 2.76. The van der Waals surface area contributed by atoms with Gasteiger partial charge >= 0.3 is 5.97 Å². The van der Waals surface area contributed by atoms with Gasteiger partial charge in [0.2, 0.25) is 0 Å². The van der Waals surface area contributed by atoms with Crippen molar-refractivity contribution in [1.82, 2.24) is 20.2 Å². The van der Waals surface area contributed by atoms with Gasteiger partial charge in [-0.3, -0.25) is 0 Å². The second kappa shape index (κ2) is 6.27. The second-order valence-electron chi connectivity index (χ2n) is 4.58. The molecular weight excluding hydrogens is 407 g/mol. The first kappa shape index (κ1) is 16.2. The summed E-state index contributed by atoms with van der Waals surface area (Å²) < 4.78 is 2.29. The van der Waals surface area contributed by atoms with Gasteiger partial charge in [-0.25, -0.2) is 9.48 Å². The van der Waals surface area contributed by atoms with Crippen molar-refractivity contribution >= 4 is 40.2 Å². The molecule has 0 amide bonds. The standard InChI is InChI=1S/C13H14ClIN4O2/c1-3-13(4-2,12(20)21)19-11(16-17-18-19)9-7-8(14)5-6-10(9)15/h5-7H,3-4H2,1-2H3,(H,20,21). The number of carboxylic acid groups (broad SMARTS) is 1. The third-order valence-corrected chi connectivity index (χ3v) is 4.79. The van der Waals surface area contributed by atoms with E-state index < -0.39 is 11.5 Å². The molecule has 112 valence electrons. The number of aromatic nitrogens is 4. The van der Waals surface area contributed by atoms with E-state index in [0.29, 0.717) is 23.7 Å². The minimum absolute atomic E-state index is 0.383. The molecule has 1 heterocycles. The first-order valence-electron chi connectivity index (χ1n) is 6.44. The number of halogens is 2. The number of carboxylic acids is 1. The van der Waals surface area contributed by atoms with Gasteiger partial charge in [0.15, 0.2) is 11.4 Å². The normalized spacial score (nSPS) is 11.6. The molecule has 1 N–H and O–H groups in total. The molecule has 6 nitrogen and oxygen atoms in total. The molecule has 8 heteroatoms. The Labute approximate surface area is 140 Å². The van der Waals surface area contributed by atoms with Gasteiger partial charge in [0.05, 0.1) is 0 Å². The van der Waals surface area contributed by atoms with Gasteiger partial charge in [-0.15, -0.1) is 5.10 Å². The van der Waals surface area contributed by atoms with Gasteiger partial charge in [-0.1, -0.05) is 25.4 Å². The lowest BCUT2D eigenvalue weighted by Gasteiger charge is -2.27. The lowest BCUT2D eigenvalue weighted by molar-refractivity contribution is -0.148. The Balaban J connectivity index is 2.67. The average Bonchev–Trinajstić information content (AvgIpc) is 2.93. The molecule has 2 aromatic rings. The summed E-state index contributed by atoms with van der Waals surface area (Å²) in [6.45, 7) is 3.62. The maximum absolute atomic E-state index is 11.8. The van der Waals surface area contributed by atoms with Gasteiger partial charge in [0, 0.05) is 14.2 Å². The van der Waals surface area contributed by atoms with E-state index in [1.165, 1.54) is 4.68 Å². The molecule has 1 aromatic heterocycles. The van der Waals surface area contributed by atoms with Crippen molar-refractivity contribution in [2.45, 2.75) is 32.2 Å². The summed E-state index contributed by atoms with van der Waals surface area (Å²) in [5.74, 6) is -0.536. The number of hydrogen-bond acceptors (Lipinski definition) is 4. The summed E-state index contributed by atoms with van der Waals surface area (Å²) >= 11 is 8.18. The van der Waals surface area contributed by atoms with Crippen LogP contribution in [-0.4, -0.2) is 31.3 Å². The molecule has 0 saturated carbocycles. The topological polar surface area (TPSA) is 80.9 Å². The number of rotatable bonds is 5. The third-order valence-electron chi connectivity index (χ3n) is 3.61. The number of nitrogens with zero attached hydrogens (tertiary/aromatic N) is 4. The quantitative estimate of drug-likeness (QED) is 0.751. The van der Waals surface area contributed by atoms with Crippen LogP contribution in [0.15, 0.2) is 18.2 Å². The fourth-order valence-electron chi connectivity index (χ4n) is 2.25. The first-order valence-corrected chi connectivity index (χ1v) is 7.89. The Morgan fingerprint density at radius 3 is 2.67 bits per heavy atom. The highest BCUT2D eigenvalue weighted by atomic mass is 127. The predicted octanol–water partition coefficient (Wildman–Crippen LogP) is 3.20. The molecule has 0 unspecified atom stereocenters. The molecule has 0 aliphatic carbocycles. The number of tetrazole rings is 1. The summed E-state index contributed by atoms with van der Waals surface area (Å²) in [4.78, 5) is 11.8. The van der Waals surface area contributed by atoms with Crippen LogP contribution in [0.5, 0.6) is 0 Å². The fourth-order valence-corrected chi connectivity index (χ4v) is 3.00. The minimum Gasteiger partial charge on any atom is -0.479 e. The SMILES string of the molecule is CCC(CC)(C(=O)O)n1nnnc1-c1cc(Cl)ccc1I. The summed E-state index contributed by atoms with van der Waals surface area (Å²) in [6, 6.07) is 5.35. The highest BCUT2D eigenvalue weighted by Crippen LogP contribution is 2.32. The van der Waals surface area contributed by atoms with Crippen LogP contribution in [0.2, 0.25) is 5.02 Å². The molecule has 0 bridgehead atoms. The first-order chi connectivity index (χ1) is 9.96. The van der Waals surface area contributed by atoms with Crippen LogP contribution >= 0.6 is 34.2 Å². The smallest absolute Gasteiger partial charge is 0.331 e. The summed E-state index contributed by atoms with van der Waals surface area (Å²) in [5.41, 5.74) is -0.440. The Bertz CT molecular complexity index is 670. The van der Waals surface area contributed by atoms with Crippen LogP contribution in [0.4, 0.5) is 0 Å². The molecule has 2 rings (SSSR count). The number of hydrogen-bond donors (Lipinski definition) is 1. The van der Waals surface area contributed by atoms with Gasteiger partial charge < -0.3 is 5.11 Å². The highest BCUT2D eigenvalue weighted by Gasteiger charge is 2.40. The van der Waals surface area contributed by atoms with E-state index in [1.807, 2.05) is 19.9 Å². The minimum atomic E-state index is -1.16. The molecule has 0 aliphatic rings. The van der Waals surface area contributed by atoms with Crippen molar-refractivity contribution in [3.05, 3.63) is 26.8 Å². The monoisotopic (exact) mass is 420 g/mol. The van der Waals surface area contributed by atoms with Crippen LogP contribution in [0, 0.1) is 3.57 Å². The van der Waals surface area contributed by atoms with Gasteiger partial charge in [-0.05, 0) is 64.1 Å². The molecule has 0 saturated heterocycles. The zero-order chi connectivity index (χ0) is 15.6. The van der Waals surface area contributed by atoms with Crippen molar-refractivity contribution in [2.24, 2.45) is 0 Å². The molecule has 0 atom stereocenters. The second-order valence-corrected chi connectivity index (χ2v) is 6.18. The maximum Gasteiger partial charge on any atom is 0.331 e. The fraction of sp³-hybridized carbons (Fsp3) is 0.385. The lowest BCUT2D eigenvalue weighted by Crippen LogP contribution is -2.42. The van der Waals surface area contributed by atoms with Crippen molar-refractivity contribution in [3.8, 4) is 11.4 Å². The van der Waals surface area contributed by atoms with E-state index in [2.05, 4.69) is 38.1 Å². The molecule has 21 heavy (non-hydrogen) atoms. The van der Waals surface area contributed by atoms with Crippen molar-refractivity contribution in [3.63, 3.8) is 0 Å². The molecule has 0 spiro atoms. The molecule has 0 fully saturated rings. The van der Waals surface area contributed by atoms with E-state index in [4.69, 9.17) is 11.6 Å².